The SMILES string of the molecule is O=C1NSCC1Cc1ccccc1. The fraction of sp³-hybridized carbons (Fsp3) is 0.300. The Labute approximate surface area is 81.9 Å². The third kappa shape index (κ3) is 2.04. The Morgan fingerprint density at radius 2 is 2.15 bits per heavy atom. The van der Waals surface area contributed by atoms with Gasteiger partial charge in [0.1, 0.15) is 0 Å². The predicted octanol–water partition coefficient (Wildman–Crippen LogP) is 1.62. The smallest absolute Gasteiger partial charge is 0.234 e. The Hall–Kier alpha value is -0.960. The number of benzene rings is 1. The molecule has 0 bridgehead atoms. The largest absolute Gasteiger partial charge is 0.300 e. The molecule has 1 aromatic rings. The van der Waals surface area contributed by atoms with Crippen molar-refractivity contribution in [2.45, 2.75) is 6.42 Å². The molecule has 0 radical (unpaired) electrons. The van der Waals surface area contributed by atoms with Gasteiger partial charge in [-0.1, -0.05) is 30.3 Å². The summed E-state index contributed by atoms with van der Waals surface area (Å²) in [5.74, 6) is 1.23. The van der Waals surface area contributed by atoms with Gasteiger partial charge in [0.25, 0.3) is 0 Å². The molecular formula is C10H11NOS. The van der Waals surface area contributed by atoms with Crippen LogP contribution >= 0.6 is 11.9 Å². The lowest BCUT2D eigenvalue weighted by Gasteiger charge is -2.04. The highest BCUT2D eigenvalue weighted by molar-refractivity contribution is 7.98. The third-order valence-electron chi connectivity index (χ3n) is 2.15. The summed E-state index contributed by atoms with van der Waals surface area (Å²) >= 11 is 1.51. The molecule has 1 aliphatic heterocycles. The molecule has 3 heteroatoms. The Balaban J connectivity index is 2.02. The molecule has 0 spiro atoms. The molecule has 1 heterocycles. The number of carbonyl (C=O) groups excluding carboxylic acids is 1. The normalized spacial score (nSPS) is 21.5. The minimum absolute atomic E-state index is 0.160. The highest BCUT2D eigenvalue weighted by Gasteiger charge is 2.24. The van der Waals surface area contributed by atoms with Gasteiger partial charge in [-0.2, -0.15) is 0 Å². The lowest BCUT2D eigenvalue weighted by Crippen LogP contribution is -2.19. The molecule has 13 heavy (non-hydrogen) atoms. The van der Waals surface area contributed by atoms with Crippen LogP contribution in [-0.4, -0.2) is 11.7 Å². The molecule has 68 valence electrons. The van der Waals surface area contributed by atoms with Crippen LogP contribution in [0.15, 0.2) is 30.3 Å². The van der Waals surface area contributed by atoms with Crippen LogP contribution in [0.1, 0.15) is 5.56 Å². The van der Waals surface area contributed by atoms with E-state index >= 15 is 0 Å². The Morgan fingerprint density at radius 1 is 1.38 bits per heavy atom. The minimum Gasteiger partial charge on any atom is -0.300 e. The van der Waals surface area contributed by atoms with Gasteiger partial charge < -0.3 is 0 Å². The van der Waals surface area contributed by atoms with Gasteiger partial charge in [0, 0.05) is 5.75 Å². The maximum Gasteiger partial charge on any atom is 0.234 e. The molecule has 0 aliphatic carbocycles. The molecule has 0 aromatic heterocycles. The first-order valence-corrected chi connectivity index (χ1v) is 5.30. The third-order valence-corrected chi connectivity index (χ3v) is 3.07. The van der Waals surface area contributed by atoms with E-state index in [0.29, 0.717) is 0 Å². The number of carbonyl (C=O) groups is 1. The molecule has 2 nitrogen and oxygen atoms in total. The van der Waals surface area contributed by atoms with E-state index in [1.54, 1.807) is 0 Å². The summed E-state index contributed by atoms with van der Waals surface area (Å²) in [6.45, 7) is 0. The van der Waals surface area contributed by atoms with Gasteiger partial charge in [0.05, 0.1) is 5.92 Å². The second-order valence-corrected chi connectivity index (χ2v) is 3.99. The molecule has 1 N–H and O–H groups in total. The monoisotopic (exact) mass is 193 g/mol. The molecule has 0 saturated carbocycles. The van der Waals surface area contributed by atoms with Crippen LogP contribution in [-0.2, 0) is 11.2 Å². The van der Waals surface area contributed by atoms with Crippen molar-refractivity contribution in [2.75, 3.05) is 5.75 Å². The van der Waals surface area contributed by atoms with Gasteiger partial charge >= 0.3 is 0 Å². The van der Waals surface area contributed by atoms with Crippen molar-refractivity contribution in [3.63, 3.8) is 0 Å². The van der Waals surface area contributed by atoms with Crippen molar-refractivity contribution in [1.29, 1.82) is 0 Å². The highest BCUT2D eigenvalue weighted by atomic mass is 32.2. The number of hydrogen-bond acceptors (Lipinski definition) is 2. The summed E-state index contributed by atoms with van der Waals surface area (Å²) < 4.78 is 2.77. The summed E-state index contributed by atoms with van der Waals surface area (Å²) in [5, 5.41) is 0. The molecule has 1 unspecified atom stereocenters. The summed E-state index contributed by atoms with van der Waals surface area (Å²) in [4.78, 5) is 11.2. The van der Waals surface area contributed by atoms with E-state index in [1.807, 2.05) is 18.2 Å². The number of hydrogen-bond donors (Lipinski definition) is 1. The van der Waals surface area contributed by atoms with Crippen molar-refractivity contribution in [3.8, 4) is 0 Å². The van der Waals surface area contributed by atoms with E-state index < -0.39 is 0 Å². The van der Waals surface area contributed by atoms with E-state index in [1.165, 1.54) is 17.5 Å². The zero-order chi connectivity index (χ0) is 9.10. The minimum atomic E-state index is 0.160. The van der Waals surface area contributed by atoms with Gasteiger partial charge in [-0.25, -0.2) is 0 Å². The zero-order valence-electron chi connectivity index (χ0n) is 7.19. The zero-order valence-corrected chi connectivity index (χ0v) is 8.01. The molecule has 1 amide bonds. The molecule has 2 rings (SSSR count). The molecule has 1 atom stereocenters. The quantitative estimate of drug-likeness (QED) is 0.723. The summed E-state index contributed by atoms with van der Waals surface area (Å²) in [6, 6.07) is 10.1. The van der Waals surface area contributed by atoms with E-state index in [4.69, 9.17) is 0 Å². The van der Waals surface area contributed by atoms with Crippen molar-refractivity contribution in [1.82, 2.24) is 4.72 Å². The summed E-state index contributed by atoms with van der Waals surface area (Å²) in [6.07, 6.45) is 0.861. The van der Waals surface area contributed by atoms with Gasteiger partial charge in [-0.15, -0.1) is 0 Å². The van der Waals surface area contributed by atoms with Crippen molar-refractivity contribution < 1.29 is 4.79 Å². The summed E-state index contributed by atoms with van der Waals surface area (Å²) in [7, 11) is 0. The maximum absolute atomic E-state index is 11.2. The molecule has 1 saturated heterocycles. The Kier molecular flexibility index (Phi) is 2.54. The van der Waals surface area contributed by atoms with E-state index in [-0.39, 0.29) is 11.8 Å². The van der Waals surface area contributed by atoms with Crippen molar-refractivity contribution in [3.05, 3.63) is 35.9 Å². The molecule has 1 aromatic carbocycles. The second kappa shape index (κ2) is 3.83. The van der Waals surface area contributed by atoms with Crippen LogP contribution in [0.25, 0.3) is 0 Å². The van der Waals surface area contributed by atoms with Crippen LogP contribution in [0.5, 0.6) is 0 Å². The number of nitrogens with one attached hydrogen (secondary N) is 1. The lowest BCUT2D eigenvalue weighted by molar-refractivity contribution is -0.121. The number of amides is 1. The molecular weight excluding hydrogens is 182 g/mol. The lowest BCUT2D eigenvalue weighted by atomic mass is 10.0. The van der Waals surface area contributed by atoms with Crippen molar-refractivity contribution in [2.24, 2.45) is 5.92 Å². The van der Waals surface area contributed by atoms with Gasteiger partial charge in [0.2, 0.25) is 5.91 Å². The van der Waals surface area contributed by atoms with Crippen LogP contribution < -0.4 is 4.72 Å². The topological polar surface area (TPSA) is 29.1 Å². The average molecular weight is 193 g/mol. The van der Waals surface area contributed by atoms with Gasteiger partial charge in [-0.05, 0) is 23.9 Å². The highest BCUT2D eigenvalue weighted by Crippen LogP contribution is 2.19. The van der Waals surface area contributed by atoms with Gasteiger partial charge in [0.15, 0.2) is 0 Å². The fourth-order valence-electron chi connectivity index (χ4n) is 1.42. The first kappa shape index (κ1) is 8.63. The predicted molar refractivity (Wildman–Crippen MR) is 54.2 cm³/mol. The summed E-state index contributed by atoms with van der Waals surface area (Å²) in [5.41, 5.74) is 1.24. The average Bonchev–Trinajstić information content (AvgIpc) is 2.54. The van der Waals surface area contributed by atoms with Crippen LogP contribution in [0, 0.1) is 5.92 Å². The molecule has 1 fully saturated rings. The first-order valence-electron chi connectivity index (χ1n) is 4.32. The molecule has 1 aliphatic rings. The standard InChI is InChI=1S/C10H11NOS/c12-10-9(7-13-11-10)6-8-4-2-1-3-5-8/h1-5,9H,6-7H2,(H,11,12). The van der Waals surface area contributed by atoms with E-state index in [2.05, 4.69) is 16.9 Å². The van der Waals surface area contributed by atoms with E-state index in [0.717, 1.165) is 12.2 Å². The maximum atomic E-state index is 11.2. The number of rotatable bonds is 2. The van der Waals surface area contributed by atoms with Crippen LogP contribution in [0.2, 0.25) is 0 Å². The first-order chi connectivity index (χ1) is 6.36. The Bertz CT molecular complexity index is 299. The fourth-order valence-corrected chi connectivity index (χ4v) is 2.29. The van der Waals surface area contributed by atoms with Crippen molar-refractivity contribution >= 4 is 17.9 Å². The van der Waals surface area contributed by atoms with Gasteiger partial charge in [-0.3, -0.25) is 9.52 Å². The Morgan fingerprint density at radius 3 is 2.77 bits per heavy atom. The van der Waals surface area contributed by atoms with Crippen LogP contribution in [0.3, 0.4) is 0 Å². The second-order valence-electron chi connectivity index (χ2n) is 3.16. The van der Waals surface area contributed by atoms with Crippen LogP contribution in [0.4, 0.5) is 0 Å². The van der Waals surface area contributed by atoms with E-state index in [9.17, 15) is 4.79 Å².